The lowest BCUT2D eigenvalue weighted by Crippen LogP contribution is -1.99. The van der Waals surface area contributed by atoms with E-state index in [2.05, 4.69) is 37.0 Å². The van der Waals surface area contributed by atoms with Crippen LogP contribution < -0.4 is 0 Å². The van der Waals surface area contributed by atoms with Crippen molar-refractivity contribution in [2.45, 2.75) is 27.2 Å². The van der Waals surface area contributed by atoms with E-state index < -0.39 is 5.97 Å². The van der Waals surface area contributed by atoms with Gasteiger partial charge >= 0.3 is 5.97 Å². The third kappa shape index (κ3) is 2.59. The van der Waals surface area contributed by atoms with Crippen LogP contribution in [0.3, 0.4) is 0 Å². The minimum atomic E-state index is -0.948. The first-order valence-corrected chi connectivity index (χ1v) is 6.54. The minimum absolute atomic E-state index is 0.181. The third-order valence-electron chi connectivity index (χ3n) is 2.89. The molecule has 4 heteroatoms. The van der Waals surface area contributed by atoms with Crippen molar-refractivity contribution in [3.8, 4) is 0 Å². The molecule has 0 fully saturated rings. The lowest BCUT2D eigenvalue weighted by atomic mass is 10.0. The molecule has 1 N–H and O–H groups in total. The second-order valence-electron chi connectivity index (χ2n) is 4.42. The van der Waals surface area contributed by atoms with Crippen LogP contribution in [0.25, 0.3) is 0 Å². The van der Waals surface area contributed by atoms with E-state index >= 15 is 0 Å². The second-order valence-corrected chi connectivity index (χ2v) is 5.71. The van der Waals surface area contributed by atoms with Crippen molar-refractivity contribution in [1.29, 1.82) is 0 Å². The van der Waals surface area contributed by atoms with Gasteiger partial charge in [0.15, 0.2) is 5.69 Å². The lowest BCUT2D eigenvalue weighted by Gasteiger charge is -2.04. The number of carbonyl (C=O) groups is 1. The van der Waals surface area contributed by atoms with Crippen LogP contribution in [0.5, 0.6) is 0 Å². The number of aromatic carboxylic acids is 1. The maximum atomic E-state index is 11.0. The molecule has 0 saturated heterocycles. The van der Waals surface area contributed by atoms with E-state index in [1.54, 1.807) is 6.92 Å². The van der Waals surface area contributed by atoms with E-state index in [4.69, 9.17) is 5.11 Å². The van der Waals surface area contributed by atoms with Crippen molar-refractivity contribution >= 4 is 17.3 Å². The number of benzene rings is 1. The van der Waals surface area contributed by atoms with Gasteiger partial charge in [-0.25, -0.2) is 9.78 Å². The summed E-state index contributed by atoms with van der Waals surface area (Å²) in [7, 11) is 0. The number of aromatic nitrogens is 1. The first-order chi connectivity index (χ1) is 8.47. The molecule has 0 saturated carbocycles. The van der Waals surface area contributed by atoms with Crippen LogP contribution in [0.4, 0.5) is 0 Å². The van der Waals surface area contributed by atoms with Gasteiger partial charge in [-0.1, -0.05) is 23.8 Å². The number of rotatable bonds is 3. The van der Waals surface area contributed by atoms with Gasteiger partial charge in [-0.15, -0.1) is 11.3 Å². The van der Waals surface area contributed by atoms with Gasteiger partial charge in [-0.05, 0) is 31.9 Å². The average molecular weight is 261 g/mol. The Labute approximate surface area is 110 Å². The maximum absolute atomic E-state index is 11.0. The number of nitrogens with zero attached hydrogens (tertiary/aromatic N) is 1. The van der Waals surface area contributed by atoms with Crippen molar-refractivity contribution in [3.05, 3.63) is 50.5 Å². The summed E-state index contributed by atoms with van der Waals surface area (Å²) >= 11 is 1.46. The summed E-state index contributed by atoms with van der Waals surface area (Å²) in [4.78, 5) is 15.9. The highest BCUT2D eigenvalue weighted by atomic mass is 32.1. The normalized spacial score (nSPS) is 10.6. The predicted molar refractivity (Wildman–Crippen MR) is 72.5 cm³/mol. The molecule has 2 aromatic rings. The van der Waals surface area contributed by atoms with E-state index in [1.807, 2.05) is 0 Å². The van der Waals surface area contributed by atoms with Crippen LogP contribution >= 0.6 is 11.3 Å². The summed E-state index contributed by atoms with van der Waals surface area (Å²) in [6.45, 7) is 5.92. The van der Waals surface area contributed by atoms with Gasteiger partial charge in [-0.2, -0.15) is 0 Å². The Morgan fingerprint density at radius 1 is 1.33 bits per heavy atom. The monoisotopic (exact) mass is 261 g/mol. The molecule has 0 atom stereocenters. The highest BCUT2D eigenvalue weighted by Crippen LogP contribution is 2.22. The van der Waals surface area contributed by atoms with Crippen molar-refractivity contribution in [2.75, 3.05) is 0 Å². The zero-order valence-corrected chi connectivity index (χ0v) is 11.5. The van der Waals surface area contributed by atoms with Crippen LogP contribution in [0.2, 0.25) is 0 Å². The average Bonchev–Trinajstić information content (AvgIpc) is 2.65. The van der Waals surface area contributed by atoms with E-state index in [1.165, 1.54) is 28.0 Å². The number of carboxylic acid groups (broad SMARTS) is 1. The molecular weight excluding hydrogens is 246 g/mol. The van der Waals surface area contributed by atoms with Crippen molar-refractivity contribution in [3.63, 3.8) is 0 Å². The highest BCUT2D eigenvalue weighted by molar-refractivity contribution is 7.11. The smallest absolute Gasteiger partial charge is 0.355 e. The zero-order valence-electron chi connectivity index (χ0n) is 10.7. The van der Waals surface area contributed by atoms with Crippen LogP contribution in [-0.4, -0.2) is 16.1 Å². The van der Waals surface area contributed by atoms with Crippen molar-refractivity contribution < 1.29 is 9.90 Å². The molecule has 0 bridgehead atoms. The van der Waals surface area contributed by atoms with Crippen LogP contribution in [0.15, 0.2) is 18.2 Å². The summed E-state index contributed by atoms with van der Waals surface area (Å²) in [6, 6.07) is 6.30. The molecule has 94 valence electrons. The molecule has 3 nitrogen and oxygen atoms in total. The fourth-order valence-corrected chi connectivity index (χ4v) is 2.83. The molecule has 0 aliphatic rings. The Hall–Kier alpha value is -1.68. The van der Waals surface area contributed by atoms with E-state index in [9.17, 15) is 4.79 Å². The van der Waals surface area contributed by atoms with Gasteiger partial charge in [-0.3, -0.25) is 0 Å². The van der Waals surface area contributed by atoms with Crippen molar-refractivity contribution in [1.82, 2.24) is 4.98 Å². The number of aryl methyl sites for hydroxylation is 3. The lowest BCUT2D eigenvalue weighted by molar-refractivity contribution is 0.0690. The van der Waals surface area contributed by atoms with E-state index in [-0.39, 0.29) is 5.69 Å². The Balaban J connectivity index is 2.31. The number of hydrogen-bond acceptors (Lipinski definition) is 3. The highest BCUT2D eigenvalue weighted by Gasteiger charge is 2.14. The Morgan fingerprint density at radius 3 is 2.67 bits per heavy atom. The van der Waals surface area contributed by atoms with Crippen molar-refractivity contribution in [2.24, 2.45) is 0 Å². The molecule has 0 amide bonds. The number of thiazole rings is 1. The first-order valence-electron chi connectivity index (χ1n) is 5.73. The van der Waals surface area contributed by atoms with Crippen LogP contribution in [0, 0.1) is 20.8 Å². The molecule has 1 aromatic carbocycles. The van der Waals surface area contributed by atoms with Gasteiger partial charge in [0.25, 0.3) is 0 Å². The van der Waals surface area contributed by atoms with Gasteiger partial charge in [0.2, 0.25) is 0 Å². The summed E-state index contributed by atoms with van der Waals surface area (Å²) < 4.78 is 0. The SMILES string of the molecule is Cc1ccc(C)c(Cc2nc(C(=O)O)c(C)s2)c1. The van der Waals surface area contributed by atoms with Gasteiger partial charge < -0.3 is 5.11 Å². The standard InChI is InChI=1S/C14H15NO2S/c1-8-4-5-9(2)11(6-8)7-12-15-13(14(16)17)10(3)18-12/h4-6H,7H2,1-3H3,(H,16,17). The Bertz CT molecular complexity index is 602. The molecule has 0 unspecified atom stereocenters. The predicted octanol–water partition coefficient (Wildman–Crippen LogP) is 3.36. The van der Waals surface area contributed by atoms with Crippen LogP contribution in [-0.2, 0) is 6.42 Å². The Morgan fingerprint density at radius 2 is 2.06 bits per heavy atom. The minimum Gasteiger partial charge on any atom is -0.476 e. The third-order valence-corrected chi connectivity index (χ3v) is 3.86. The summed E-state index contributed by atoms with van der Waals surface area (Å²) in [5.74, 6) is -0.948. The van der Waals surface area contributed by atoms with Gasteiger partial charge in [0.1, 0.15) is 0 Å². The summed E-state index contributed by atoms with van der Waals surface area (Å²) in [6.07, 6.45) is 0.701. The summed E-state index contributed by atoms with van der Waals surface area (Å²) in [5, 5.41) is 9.85. The Kier molecular flexibility index (Phi) is 3.48. The first kappa shape index (κ1) is 12.8. The number of hydrogen-bond donors (Lipinski definition) is 1. The van der Waals surface area contributed by atoms with E-state index in [0.717, 1.165) is 9.88 Å². The van der Waals surface area contributed by atoms with Crippen LogP contribution in [0.1, 0.15) is 37.1 Å². The molecule has 0 spiro atoms. The molecule has 1 heterocycles. The molecule has 0 aliphatic heterocycles. The molecular formula is C14H15NO2S. The molecule has 18 heavy (non-hydrogen) atoms. The molecule has 0 aliphatic carbocycles. The second kappa shape index (κ2) is 4.90. The molecule has 0 radical (unpaired) electrons. The topological polar surface area (TPSA) is 50.2 Å². The van der Waals surface area contributed by atoms with Gasteiger partial charge in [0, 0.05) is 11.3 Å². The maximum Gasteiger partial charge on any atom is 0.355 e. The quantitative estimate of drug-likeness (QED) is 0.921. The zero-order chi connectivity index (χ0) is 13.3. The fourth-order valence-electron chi connectivity index (χ4n) is 1.88. The fraction of sp³-hybridized carbons (Fsp3) is 0.286. The summed E-state index contributed by atoms with van der Waals surface area (Å²) in [5.41, 5.74) is 3.81. The molecule has 2 rings (SSSR count). The molecule has 1 aromatic heterocycles. The van der Waals surface area contributed by atoms with Gasteiger partial charge in [0.05, 0.1) is 5.01 Å². The van der Waals surface area contributed by atoms with E-state index in [0.29, 0.717) is 6.42 Å². The number of carboxylic acids is 1. The largest absolute Gasteiger partial charge is 0.476 e.